The second kappa shape index (κ2) is 7.32. The lowest BCUT2D eigenvalue weighted by atomic mass is 10.1. The molecule has 0 aliphatic rings. The Bertz CT molecular complexity index is 575. The smallest absolute Gasteiger partial charge is 0.174 e. The Labute approximate surface area is 119 Å². The van der Waals surface area contributed by atoms with Gasteiger partial charge in [0.25, 0.3) is 0 Å². The molecule has 0 bridgehead atoms. The molecule has 0 aliphatic carbocycles. The zero-order valence-corrected chi connectivity index (χ0v) is 11.5. The predicted octanol–water partition coefficient (Wildman–Crippen LogP) is 3.44. The van der Waals surface area contributed by atoms with E-state index >= 15 is 0 Å². The monoisotopic (exact) mass is 266 g/mol. The molecule has 3 heteroatoms. The normalized spacial score (nSPS) is 11.6. The van der Waals surface area contributed by atoms with Crippen molar-refractivity contribution in [2.45, 2.75) is 19.5 Å². The van der Waals surface area contributed by atoms with Crippen molar-refractivity contribution in [2.24, 2.45) is 0 Å². The first-order valence-corrected chi connectivity index (χ1v) is 6.66. The van der Waals surface area contributed by atoms with Gasteiger partial charge in [-0.25, -0.2) is 0 Å². The number of hydrogen-bond acceptors (Lipinski definition) is 3. The van der Waals surface area contributed by atoms with Crippen LogP contribution in [0.3, 0.4) is 0 Å². The van der Waals surface area contributed by atoms with Gasteiger partial charge in [-0.2, -0.15) is 5.26 Å². The second-order valence-corrected chi connectivity index (χ2v) is 4.61. The molecule has 102 valence electrons. The zero-order valence-electron chi connectivity index (χ0n) is 11.5. The summed E-state index contributed by atoms with van der Waals surface area (Å²) in [6.07, 6.45) is 0. The van der Waals surface area contributed by atoms with Crippen LogP contribution in [-0.2, 0) is 6.54 Å². The van der Waals surface area contributed by atoms with Crippen LogP contribution in [0, 0.1) is 11.3 Å². The Balaban J connectivity index is 1.92. The van der Waals surface area contributed by atoms with Crippen LogP contribution < -0.4 is 10.1 Å². The molecule has 1 N–H and O–H groups in total. The van der Waals surface area contributed by atoms with Crippen molar-refractivity contribution in [1.82, 2.24) is 5.32 Å². The van der Waals surface area contributed by atoms with E-state index in [1.807, 2.05) is 48.5 Å². The highest BCUT2D eigenvalue weighted by atomic mass is 16.5. The maximum absolute atomic E-state index is 8.51. The minimum absolute atomic E-state index is 0.0807. The number of nitrogens with one attached hydrogen (secondary N) is 1. The van der Waals surface area contributed by atoms with Gasteiger partial charge in [0.2, 0.25) is 0 Å². The zero-order chi connectivity index (χ0) is 14.2. The highest BCUT2D eigenvalue weighted by Crippen LogP contribution is 2.15. The molecular formula is C17H18N2O. The first-order valence-electron chi connectivity index (χ1n) is 6.66. The Kier molecular flexibility index (Phi) is 5.16. The van der Waals surface area contributed by atoms with E-state index in [1.165, 1.54) is 5.56 Å². The molecule has 0 saturated heterocycles. The highest BCUT2D eigenvalue weighted by Gasteiger charge is 2.04. The van der Waals surface area contributed by atoms with Crippen molar-refractivity contribution in [3.05, 3.63) is 65.7 Å². The Hall–Kier alpha value is -2.31. The van der Waals surface area contributed by atoms with Gasteiger partial charge in [0.15, 0.2) is 6.61 Å². The van der Waals surface area contributed by atoms with E-state index in [1.54, 1.807) is 0 Å². The third-order valence-electron chi connectivity index (χ3n) is 3.11. The van der Waals surface area contributed by atoms with Crippen molar-refractivity contribution < 1.29 is 4.74 Å². The summed E-state index contributed by atoms with van der Waals surface area (Å²) in [4.78, 5) is 0. The van der Waals surface area contributed by atoms with Crippen LogP contribution in [-0.4, -0.2) is 6.61 Å². The van der Waals surface area contributed by atoms with E-state index in [0.29, 0.717) is 6.04 Å². The summed E-state index contributed by atoms with van der Waals surface area (Å²) in [7, 11) is 0. The van der Waals surface area contributed by atoms with E-state index in [4.69, 9.17) is 10.00 Å². The van der Waals surface area contributed by atoms with Crippen molar-refractivity contribution >= 4 is 0 Å². The van der Waals surface area contributed by atoms with E-state index in [9.17, 15) is 0 Å². The third-order valence-corrected chi connectivity index (χ3v) is 3.11. The fourth-order valence-corrected chi connectivity index (χ4v) is 1.99. The van der Waals surface area contributed by atoms with E-state index < -0.39 is 0 Å². The lowest BCUT2D eigenvalue weighted by Crippen LogP contribution is -2.17. The molecule has 0 amide bonds. The van der Waals surface area contributed by atoms with Gasteiger partial charge < -0.3 is 10.1 Å². The number of nitriles is 1. The molecule has 0 aromatic heterocycles. The van der Waals surface area contributed by atoms with E-state index in [2.05, 4.69) is 24.4 Å². The predicted molar refractivity (Wildman–Crippen MR) is 79.2 cm³/mol. The Morgan fingerprint density at radius 2 is 1.95 bits per heavy atom. The van der Waals surface area contributed by atoms with Crippen LogP contribution in [0.1, 0.15) is 24.1 Å². The van der Waals surface area contributed by atoms with Crippen LogP contribution in [0.15, 0.2) is 54.6 Å². The first kappa shape index (κ1) is 14.1. The maximum atomic E-state index is 8.51. The molecule has 2 rings (SSSR count). The molecule has 0 saturated carbocycles. The quantitative estimate of drug-likeness (QED) is 0.871. The first-order chi connectivity index (χ1) is 9.79. The SMILES string of the molecule is C[C@@H](NCc1cccc(OCC#N)c1)c1ccccc1. The average molecular weight is 266 g/mol. The highest BCUT2D eigenvalue weighted by molar-refractivity contribution is 5.29. The molecule has 0 aliphatic heterocycles. The molecule has 3 nitrogen and oxygen atoms in total. The van der Waals surface area contributed by atoms with Gasteiger partial charge >= 0.3 is 0 Å². The Morgan fingerprint density at radius 1 is 1.15 bits per heavy atom. The molecule has 0 radical (unpaired) electrons. The molecule has 20 heavy (non-hydrogen) atoms. The summed E-state index contributed by atoms with van der Waals surface area (Å²) in [5, 5.41) is 12.0. The van der Waals surface area contributed by atoms with Gasteiger partial charge in [-0.15, -0.1) is 0 Å². The molecule has 0 heterocycles. The fraction of sp³-hybridized carbons (Fsp3) is 0.235. The van der Waals surface area contributed by atoms with Crippen LogP contribution in [0.25, 0.3) is 0 Å². The number of benzene rings is 2. The van der Waals surface area contributed by atoms with Crippen LogP contribution in [0.5, 0.6) is 5.75 Å². The topological polar surface area (TPSA) is 45.0 Å². The minimum atomic E-state index is 0.0807. The molecule has 2 aromatic rings. The molecule has 0 unspecified atom stereocenters. The van der Waals surface area contributed by atoms with Crippen LogP contribution in [0.2, 0.25) is 0 Å². The molecule has 1 atom stereocenters. The van der Waals surface area contributed by atoms with E-state index in [0.717, 1.165) is 17.9 Å². The van der Waals surface area contributed by atoms with E-state index in [-0.39, 0.29) is 6.61 Å². The number of rotatable bonds is 6. The van der Waals surface area contributed by atoms with Crippen LogP contribution in [0.4, 0.5) is 0 Å². The summed E-state index contributed by atoms with van der Waals surface area (Å²) in [5.41, 5.74) is 2.41. The standard InChI is InChI=1S/C17H18N2O/c1-14(16-7-3-2-4-8-16)19-13-15-6-5-9-17(12-15)20-11-10-18/h2-9,12,14,19H,11,13H2,1H3/t14-/m1/s1. The van der Waals surface area contributed by atoms with Gasteiger partial charge in [0.05, 0.1) is 0 Å². The van der Waals surface area contributed by atoms with Crippen molar-refractivity contribution in [3.63, 3.8) is 0 Å². The molecule has 0 fully saturated rings. The summed E-state index contributed by atoms with van der Waals surface area (Å²) in [6.45, 7) is 2.99. The largest absolute Gasteiger partial charge is 0.479 e. The summed E-state index contributed by atoms with van der Waals surface area (Å²) >= 11 is 0. The van der Waals surface area contributed by atoms with Gasteiger partial charge in [0, 0.05) is 12.6 Å². The van der Waals surface area contributed by atoms with Gasteiger partial charge in [-0.1, -0.05) is 42.5 Å². The van der Waals surface area contributed by atoms with Crippen LogP contribution >= 0.6 is 0 Å². The van der Waals surface area contributed by atoms with Crippen molar-refractivity contribution in [2.75, 3.05) is 6.61 Å². The van der Waals surface area contributed by atoms with Gasteiger partial charge in [-0.05, 0) is 30.2 Å². The number of nitrogens with zero attached hydrogens (tertiary/aromatic N) is 1. The van der Waals surface area contributed by atoms with Crippen molar-refractivity contribution in [3.8, 4) is 11.8 Å². The maximum Gasteiger partial charge on any atom is 0.174 e. The third kappa shape index (κ3) is 4.11. The summed E-state index contributed by atoms with van der Waals surface area (Å²) in [5.74, 6) is 0.734. The lowest BCUT2D eigenvalue weighted by Gasteiger charge is -2.14. The number of ether oxygens (including phenoxy) is 1. The second-order valence-electron chi connectivity index (χ2n) is 4.61. The van der Waals surface area contributed by atoms with Gasteiger partial charge in [-0.3, -0.25) is 0 Å². The molecular weight excluding hydrogens is 248 g/mol. The molecule has 0 spiro atoms. The summed E-state index contributed by atoms with van der Waals surface area (Å²) in [6, 6.07) is 20.4. The Morgan fingerprint density at radius 3 is 2.70 bits per heavy atom. The minimum Gasteiger partial charge on any atom is -0.479 e. The fourth-order valence-electron chi connectivity index (χ4n) is 1.99. The lowest BCUT2D eigenvalue weighted by molar-refractivity contribution is 0.367. The van der Waals surface area contributed by atoms with Gasteiger partial charge in [0.1, 0.15) is 11.8 Å². The molecule has 2 aromatic carbocycles. The van der Waals surface area contributed by atoms with Crippen molar-refractivity contribution in [1.29, 1.82) is 5.26 Å². The average Bonchev–Trinajstić information content (AvgIpc) is 2.52. The summed E-state index contributed by atoms with van der Waals surface area (Å²) < 4.78 is 5.30. The number of hydrogen-bond donors (Lipinski definition) is 1.